The average molecular weight is 236 g/mol. The summed E-state index contributed by atoms with van der Waals surface area (Å²) in [4.78, 5) is 6.83. The molecule has 1 aromatic heterocycles. The Kier molecular flexibility index (Phi) is 3.19. The molecule has 0 radical (unpaired) electrons. The summed E-state index contributed by atoms with van der Waals surface area (Å²) in [5.41, 5.74) is 0.922. The number of rotatable bonds is 2. The van der Waals surface area contributed by atoms with Crippen LogP contribution in [-0.4, -0.2) is 6.21 Å². The van der Waals surface area contributed by atoms with E-state index in [1.165, 1.54) is 9.75 Å². The van der Waals surface area contributed by atoms with Gasteiger partial charge in [-0.3, -0.25) is 4.99 Å². The van der Waals surface area contributed by atoms with E-state index in [2.05, 4.69) is 24.0 Å². The zero-order chi connectivity index (χ0) is 10.7. The van der Waals surface area contributed by atoms with Crippen LogP contribution in [0.15, 0.2) is 41.4 Å². The topological polar surface area (TPSA) is 12.4 Å². The minimum absolute atomic E-state index is 0.737. The van der Waals surface area contributed by atoms with Crippen LogP contribution < -0.4 is 0 Å². The Morgan fingerprint density at radius 1 is 1.13 bits per heavy atom. The van der Waals surface area contributed by atoms with Crippen LogP contribution in [0.2, 0.25) is 5.02 Å². The van der Waals surface area contributed by atoms with Crippen LogP contribution in [0.1, 0.15) is 9.75 Å². The lowest BCUT2D eigenvalue weighted by Gasteiger charge is -1.92. The van der Waals surface area contributed by atoms with Crippen LogP contribution in [-0.2, 0) is 0 Å². The number of nitrogens with zero attached hydrogens (tertiary/aromatic N) is 1. The van der Waals surface area contributed by atoms with Gasteiger partial charge in [0.25, 0.3) is 0 Å². The molecule has 0 saturated heterocycles. The molecule has 1 heterocycles. The molecule has 0 bridgehead atoms. The minimum Gasteiger partial charge on any atom is -0.255 e. The molecule has 0 atom stereocenters. The predicted molar refractivity (Wildman–Crippen MR) is 67.8 cm³/mol. The molecule has 1 nitrogen and oxygen atoms in total. The lowest BCUT2D eigenvalue weighted by atomic mass is 10.3. The Hall–Kier alpha value is -1.12. The van der Waals surface area contributed by atoms with Crippen LogP contribution in [0.25, 0.3) is 0 Å². The molecule has 0 aliphatic heterocycles. The van der Waals surface area contributed by atoms with Crippen molar-refractivity contribution >= 4 is 34.8 Å². The van der Waals surface area contributed by atoms with Crippen molar-refractivity contribution in [3.63, 3.8) is 0 Å². The Morgan fingerprint density at radius 3 is 2.47 bits per heavy atom. The lowest BCUT2D eigenvalue weighted by molar-refractivity contribution is 1.54. The zero-order valence-electron chi connectivity index (χ0n) is 8.27. The highest BCUT2D eigenvalue weighted by molar-refractivity contribution is 7.13. The molecule has 2 aromatic rings. The monoisotopic (exact) mass is 235 g/mol. The van der Waals surface area contributed by atoms with E-state index in [4.69, 9.17) is 11.6 Å². The maximum Gasteiger partial charge on any atom is 0.0631 e. The highest BCUT2D eigenvalue weighted by atomic mass is 35.5. The van der Waals surface area contributed by atoms with Gasteiger partial charge in [-0.05, 0) is 43.3 Å². The summed E-state index contributed by atoms with van der Waals surface area (Å²) in [6.45, 7) is 2.09. The lowest BCUT2D eigenvalue weighted by Crippen LogP contribution is -1.71. The van der Waals surface area contributed by atoms with Gasteiger partial charge in [0.2, 0.25) is 0 Å². The van der Waals surface area contributed by atoms with E-state index in [-0.39, 0.29) is 0 Å². The molecule has 2 rings (SSSR count). The number of benzene rings is 1. The summed E-state index contributed by atoms with van der Waals surface area (Å²) in [5.74, 6) is 0. The highest BCUT2D eigenvalue weighted by Crippen LogP contribution is 2.18. The molecule has 76 valence electrons. The van der Waals surface area contributed by atoms with Gasteiger partial charge in [-0.1, -0.05) is 11.6 Å². The van der Waals surface area contributed by atoms with E-state index >= 15 is 0 Å². The quantitative estimate of drug-likeness (QED) is 0.682. The smallest absolute Gasteiger partial charge is 0.0631 e. The second kappa shape index (κ2) is 4.60. The van der Waals surface area contributed by atoms with E-state index in [1.807, 2.05) is 30.5 Å². The van der Waals surface area contributed by atoms with Gasteiger partial charge in [0.1, 0.15) is 0 Å². The summed E-state index contributed by atoms with van der Waals surface area (Å²) in [6, 6.07) is 11.6. The van der Waals surface area contributed by atoms with Crippen molar-refractivity contribution in [1.29, 1.82) is 0 Å². The van der Waals surface area contributed by atoms with Crippen molar-refractivity contribution < 1.29 is 0 Å². The van der Waals surface area contributed by atoms with Crippen LogP contribution >= 0.6 is 22.9 Å². The maximum absolute atomic E-state index is 5.78. The van der Waals surface area contributed by atoms with Gasteiger partial charge in [0.05, 0.1) is 5.69 Å². The number of aryl methyl sites for hydroxylation is 1. The van der Waals surface area contributed by atoms with Gasteiger partial charge in [0, 0.05) is 21.0 Å². The normalized spacial score (nSPS) is 11.1. The fraction of sp³-hybridized carbons (Fsp3) is 0.0833. The van der Waals surface area contributed by atoms with Crippen molar-refractivity contribution in [2.24, 2.45) is 4.99 Å². The van der Waals surface area contributed by atoms with Gasteiger partial charge in [-0.2, -0.15) is 0 Å². The first-order chi connectivity index (χ1) is 7.24. The molecule has 0 unspecified atom stereocenters. The van der Waals surface area contributed by atoms with Gasteiger partial charge >= 0.3 is 0 Å². The molecule has 0 amide bonds. The second-order valence-corrected chi connectivity index (χ2v) is 4.94. The van der Waals surface area contributed by atoms with E-state index in [1.54, 1.807) is 11.3 Å². The molecule has 0 aliphatic carbocycles. The fourth-order valence-corrected chi connectivity index (χ4v) is 2.06. The minimum atomic E-state index is 0.737. The summed E-state index contributed by atoms with van der Waals surface area (Å²) in [6.07, 6.45) is 1.88. The standard InChI is InChI=1S/C12H10ClNS/c1-9-2-7-12(15-9)8-14-11-5-3-10(13)4-6-11/h2-8H,1H3. The fourth-order valence-electron chi connectivity index (χ4n) is 1.19. The van der Waals surface area contributed by atoms with Crippen LogP contribution in [0.5, 0.6) is 0 Å². The summed E-state index contributed by atoms with van der Waals surface area (Å²) in [7, 11) is 0. The Bertz CT molecular complexity index is 471. The van der Waals surface area contributed by atoms with Gasteiger partial charge < -0.3 is 0 Å². The molecule has 0 aliphatic rings. The molecule has 0 spiro atoms. The number of aliphatic imine (C=N–C) groups is 1. The molecule has 0 saturated carbocycles. The Morgan fingerprint density at radius 2 is 1.87 bits per heavy atom. The molecule has 3 heteroatoms. The molecule has 15 heavy (non-hydrogen) atoms. The van der Waals surface area contributed by atoms with Gasteiger partial charge in [-0.15, -0.1) is 11.3 Å². The summed E-state index contributed by atoms with van der Waals surface area (Å²) < 4.78 is 0. The van der Waals surface area contributed by atoms with E-state index in [0.717, 1.165) is 10.7 Å². The first kappa shape index (κ1) is 10.4. The van der Waals surface area contributed by atoms with Crippen molar-refractivity contribution in [3.8, 4) is 0 Å². The first-order valence-electron chi connectivity index (χ1n) is 4.60. The Balaban J connectivity index is 2.14. The van der Waals surface area contributed by atoms with E-state index in [0.29, 0.717) is 0 Å². The first-order valence-corrected chi connectivity index (χ1v) is 5.79. The van der Waals surface area contributed by atoms with Gasteiger partial charge in [-0.25, -0.2) is 0 Å². The third kappa shape index (κ3) is 2.91. The maximum atomic E-state index is 5.78. The summed E-state index contributed by atoms with van der Waals surface area (Å²) >= 11 is 7.52. The van der Waals surface area contributed by atoms with Crippen LogP contribution in [0, 0.1) is 6.92 Å². The number of hydrogen-bond acceptors (Lipinski definition) is 2. The second-order valence-electron chi connectivity index (χ2n) is 3.18. The SMILES string of the molecule is Cc1ccc(C=Nc2ccc(Cl)cc2)s1. The third-order valence-corrected chi connectivity index (χ3v) is 3.12. The zero-order valence-corrected chi connectivity index (χ0v) is 9.85. The molecule has 0 N–H and O–H groups in total. The predicted octanol–water partition coefficient (Wildman–Crippen LogP) is 4.46. The molecule has 0 fully saturated rings. The van der Waals surface area contributed by atoms with Crippen molar-refractivity contribution in [1.82, 2.24) is 0 Å². The Labute approximate surface area is 98.1 Å². The van der Waals surface area contributed by atoms with E-state index in [9.17, 15) is 0 Å². The van der Waals surface area contributed by atoms with Crippen LogP contribution in [0.3, 0.4) is 0 Å². The number of hydrogen-bond donors (Lipinski definition) is 0. The number of halogens is 1. The van der Waals surface area contributed by atoms with Gasteiger partial charge in [0.15, 0.2) is 0 Å². The summed E-state index contributed by atoms with van der Waals surface area (Å²) in [5, 5.41) is 0.737. The van der Waals surface area contributed by atoms with E-state index < -0.39 is 0 Å². The van der Waals surface area contributed by atoms with Crippen molar-refractivity contribution in [2.75, 3.05) is 0 Å². The van der Waals surface area contributed by atoms with Crippen molar-refractivity contribution in [3.05, 3.63) is 51.2 Å². The largest absolute Gasteiger partial charge is 0.255 e. The van der Waals surface area contributed by atoms with Crippen molar-refractivity contribution in [2.45, 2.75) is 6.92 Å². The average Bonchev–Trinajstić information content (AvgIpc) is 2.64. The third-order valence-electron chi connectivity index (χ3n) is 1.93. The molecular weight excluding hydrogens is 226 g/mol. The molecular formula is C12H10ClNS. The highest BCUT2D eigenvalue weighted by Gasteiger charge is 1.92. The van der Waals surface area contributed by atoms with Crippen LogP contribution in [0.4, 0.5) is 5.69 Å². The number of thiophene rings is 1. The molecule has 1 aromatic carbocycles.